The average Bonchev–Trinajstić information content (AvgIpc) is 4.14. The van der Waals surface area contributed by atoms with Gasteiger partial charge in [-0.3, -0.25) is 18.9 Å². The molecular formula is C43H39F6N13O3. The summed E-state index contributed by atoms with van der Waals surface area (Å²) in [4.78, 5) is 48.2. The van der Waals surface area contributed by atoms with E-state index in [2.05, 4.69) is 25.9 Å². The van der Waals surface area contributed by atoms with E-state index in [1.54, 1.807) is 50.0 Å². The van der Waals surface area contributed by atoms with Gasteiger partial charge in [0, 0.05) is 107 Å². The van der Waals surface area contributed by atoms with Gasteiger partial charge in [0.2, 0.25) is 11.7 Å². The number of likely N-dealkylation sites (tertiary alicyclic amines) is 2. The third kappa shape index (κ3) is 7.37. The molecule has 336 valence electrons. The lowest BCUT2D eigenvalue weighted by Crippen LogP contribution is -2.47. The van der Waals surface area contributed by atoms with Crippen LogP contribution in [-0.4, -0.2) is 119 Å². The molecule has 0 radical (unpaired) electrons. The summed E-state index contributed by atoms with van der Waals surface area (Å²) >= 11 is 0. The molecule has 4 fully saturated rings. The molecule has 0 saturated carbocycles. The van der Waals surface area contributed by atoms with Crippen molar-refractivity contribution in [2.24, 2.45) is 28.8 Å². The number of nitrogens with zero attached hydrogens (tertiary/aromatic N) is 11. The van der Waals surface area contributed by atoms with E-state index in [0.29, 0.717) is 37.4 Å². The first kappa shape index (κ1) is 41.7. The van der Waals surface area contributed by atoms with Gasteiger partial charge >= 0.3 is 18.4 Å². The molecule has 4 amide bonds. The zero-order chi connectivity index (χ0) is 45.5. The monoisotopic (exact) mass is 899 g/mol. The van der Waals surface area contributed by atoms with E-state index in [1.165, 1.54) is 58.0 Å². The van der Waals surface area contributed by atoms with Crippen molar-refractivity contribution in [2.75, 3.05) is 74.2 Å². The minimum atomic E-state index is -4.79. The highest BCUT2D eigenvalue weighted by Crippen LogP contribution is 2.45. The molecule has 65 heavy (non-hydrogen) atoms. The van der Waals surface area contributed by atoms with Crippen LogP contribution in [0, 0.1) is 35.0 Å². The van der Waals surface area contributed by atoms with E-state index in [4.69, 9.17) is 0 Å². The highest BCUT2D eigenvalue weighted by molar-refractivity contribution is 6.38. The third-order valence-corrected chi connectivity index (χ3v) is 13.1. The summed E-state index contributed by atoms with van der Waals surface area (Å²) in [5.74, 6) is -1.50. The van der Waals surface area contributed by atoms with Crippen LogP contribution in [0.15, 0.2) is 89.9 Å². The molecular weight excluding hydrogens is 861 g/mol. The zero-order valence-electron chi connectivity index (χ0n) is 34.5. The number of carbonyl (C=O) groups is 3. The van der Waals surface area contributed by atoms with E-state index < -0.39 is 41.6 Å². The van der Waals surface area contributed by atoms with E-state index in [1.807, 2.05) is 6.07 Å². The molecule has 6 aliphatic rings. The van der Waals surface area contributed by atoms with Crippen LogP contribution in [0.2, 0.25) is 0 Å². The van der Waals surface area contributed by atoms with Gasteiger partial charge in [0.1, 0.15) is 12.2 Å². The average molecular weight is 900 g/mol. The molecule has 0 bridgehead atoms. The smallest absolute Gasteiger partial charge is 0.370 e. The molecule has 16 nitrogen and oxygen atoms in total. The number of para-hydroxylation sites is 1. The molecule has 2 aromatic carbocycles. The SMILES string of the molecule is CNC(=O)NC1=CN2C(C(=O)N3C[C@@H]4CN(c5ccccc5C(F)(F)F)C[C@@H]4C3)=NN(c3ccc(N4C[C@H]5CN(C(=O)c6nnc7ccc(C#N)cn67)C[C@H]5C4)c(C(F)(F)F)c3)C2C=C1. The summed E-state index contributed by atoms with van der Waals surface area (Å²) in [6.07, 6.45) is -4.10. The van der Waals surface area contributed by atoms with Crippen LogP contribution in [0.3, 0.4) is 0 Å². The Balaban J connectivity index is 0.880. The summed E-state index contributed by atoms with van der Waals surface area (Å²) in [5, 5.41) is 28.5. The largest absolute Gasteiger partial charge is 0.418 e. The number of anilines is 3. The van der Waals surface area contributed by atoms with Gasteiger partial charge in [-0.25, -0.2) is 9.80 Å². The van der Waals surface area contributed by atoms with Gasteiger partial charge in [-0.1, -0.05) is 12.1 Å². The van der Waals surface area contributed by atoms with Gasteiger partial charge < -0.3 is 30.2 Å². The predicted molar refractivity (Wildman–Crippen MR) is 222 cm³/mol. The van der Waals surface area contributed by atoms with E-state index in [-0.39, 0.29) is 90.2 Å². The van der Waals surface area contributed by atoms with Crippen LogP contribution in [0.25, 0.3) is 5.65 Å². The second-order valence-electron chi connectivity index (χ2n) is 17.0. The summed E-state index contributed by atoms with van der Waals surface area (Å²) < 4.78 is 88.3. The maximum atomic E-state index is 15.1. The summed E-state index contributed by atoms with van der Waals surface area (Å²) in [7, 11) is 1.42. The van der Waals surface area contributed by atoms with E-state index in [0.717, 1.165) is 12.1 Å². The summed E-state index contributed by atoms with van der Waals surface area (Å²) in [6, 6.07) is 13.9. The fourth-order valence-corrected chi connectivity index (χ4v) is 10.0. The number of urea groups is 1. The minimum Gasteiger partial charge on any atom is -0.370 e. The summed E-state index contributed by atoms with van der Waals surface area (Å²) in [6.45, 7) is 2.14. The molecule has 2 aromatic heterocycles. The second kappa shape index (κ2) is 15.4. The van der Waals surface area contributed by atoms with Crippen molar-refractivity contribution in [1.29, 1.82) is 5.26 Å². The van der Waals surface area contributed by atoms with Gasteiger partial charge in [-0.2, -0.15) is 31.6 Å². The van der Waals surface area contributed by atoms with Gasteiger partial charge in [-0.15, -0.1) is 15.3 Å². The maximum Gasteiger partial charge on any atom is 0.418 e. The van der Waals surface area contributed by atoms with Crippen molar-refractivity contribution >= 4 is 46.4 Å². The van der Waals surface area contributed by atoms with E-state index in [9.17, 15) is 32.8 Å². The zero-order valence-corrected chi connectivity index (χ0v) is 34.5. The lowest BCUT2D eigenvalue weighted by molar-refractivity contribution is -0.137. The van der Waals surface area contributed by atoms with Crippen LogP contribution < -0.4 is 25.4 Å². The molecule has 8 heterocycles. The number of aromatic nitrogens is 3. The van der Waals surface area contributed by atoms with Crippen molar-refractivity contribution in [3.63, 3.8) is 0 Å². The number of hydrogen-bond donors (Lipinski definition) is 2. The van der Waals surface area contributed by atoms with Gasteiger partial charge in [0.15, 0.2) is 5.65 Å². The molecule has 1 unspecified atom stereocenters. The standard InChI is InChI=1S/C43H39F6N13O3/c1-51-41(65)52-29-7-11-36-61(23-29)38(40(64)59-21-25-15-56(16-26(25)22-59)33-5-3-2-4-31(33)42(44,45)46)55-62(36)30-8-9-34(32(12-30)43(47,48)49)57-17-27-19-58(20-28(27)18-57)39(63)37-54-53-35-10-6-24(13-50)14-60(35)37/h2-12,14,23,25-28,36H,15-22H2,1H3,(H2,51,52,65)/t25-,26+,27-,28+,36?. The molecule has 2 N–H and O–H groups in total. The van der Waals surface area contributed by atoms with Crippen LogP contribution >= 0.6 is 0 Å². The first-order chi connectivity index (χ1) is 31.1. The number of nitrogens with one attached hydrogen (secondary N) is 2. The number of rotatable bonds is 6. The number of fused-ring (bicyclic) bond motifs is 4. The normalized spacial score (nSPS) is 23.7. The second-order valence-corrected chi connectivity index (χ2v) is 17.0. The van der Waals surface area contributed by atoms with Crippen LogP contribution in [0.4, 0.5) is 48.2 Å². The fraction of sp³-hybridized carbons (Fsp3) is 0.372. The lowest BCUT2D eigenvalue weighted by Gasteiger charge is -2.32. The predicted octanol–water partition coefficient (Wildman–Crippen LogP) is 4.54. The molecule has 10 rings (SSSR count). The Morgan fingerprint density at radius 1 is 0.754 bits per heavy atom. The van der Waals surface area contributed by atoms with E-state index >= 15 is 13.2 Å². The van der Waals surface area contributed by atoms with Crippen molar-refractivity contribution in [1.82, 2.24) is 39.9 Å². The molecule has 0 aliphatic carbocycles. The topological polar surface area (TPSA) is 161 Å². The van der Waals surface area contributed by atoms with Crippen LogP contribution in [0.1, 0.15) is 27.3 Å². The quantitative estimate of drug-likeness (QED) is 0.263. The number of nitriles is 1. The Morgan fingerprint density at radius 3 is 1.98 bits per heavy atom. The molecule has 5 atom stereocenters. The molecule has 4 saturated heterocycles. The van der Waals surface area contributed by atoms with Crippen LogP contribution in [-0.2, 0) is 17.1 Å². The lowest BCUT2D eigenvalue weighted by atomic mass is 10.0. The summed E-state index contributed by atoms with van der Waals surface area (Å²) in [5.41, 5.74) is -0.537. The number of benzene rings is 2. The van der Waals surface area contributed by atoms with Crippen molar-refractivity contribution in [3.05, 3.63) is 107 Å². The Kier molecular flexibility index (Phi) is 9.91. The number of pyridine rings is 1. The highest BCUT2D eigenvalue weighted by Gasteiger charge is 2.49. The number of carbonyl (C=O) groups excluding carboxylic acids is 3. The number of hydrogen-bond acceptors (Lipinski definition) is 11. The molecule has 22 heteroatoms. The number of halogens is 6. The Labute approximate surface area is 366 Å². The van der Waals surface area contributed by atoms with Crippen molar-refractivity contribution in [2.45, 2.75) is 18.5 Å². The molecule has 6 aliphatic heterocycles. The van der Waals surface area contributed by atoms with Crippen LogP contribution in [0.5, 0.6) is 0 Å². The maximum absolute atomic E-state index is 15.1. The van der Waals surface area contributed by atoms with Crippen molar-refractivity contribution < 1.29 is 40.7 Å². The number of alkyl halides is 6. The van der Waals surface area contributed by atoms with Crippen molar-refractivity contribution in [3.8, 4) is 6.07 Å². The number of hydrazone groups is 1. The molecule has 4 aromatic rings. The Hall–Kier alpha value is -7.31. The number of amidine groups is 1. The van der Waals surface area contributed by atoms with Gasteiger partial charge in [0.25, 0.3) is 11.8 Å². The fourth-order valence-electron chi connectivity index (χ4n) is 10.0. The first-order valence-corrected chi connectivity index (χ1v) is 20.8. The Morgan fingerprint density at radius 2 is 1.37 bits per heavy atom. The van der Waals surface area contributed by atoms with Gasteiger partial charge in [-0.05, 0) is 54.6 Å². The minimum absolute atomic E-state index is 0.0380. The Bertz CT molecular complexity index is 2730. The van der Waals surface area contributed by atoms with Gasteiger partial charge in [0.05, 0.1) is 28.1 Å². The number of amides is 4. The molecule has 0 spiro atoms. The number of allylic oxidation sites excluding steroid dienone is 1. The third-order valence-electron chi connectivity index (χ3n) is 13.1. The highest BCUT2D eigenvalue weighted by atomic mass is 19.4. The first-order valence-electron chi connectivity index (χ1n) is 20.8.